The first-order chi connectivity index (χ1) is 19.1. The summed E-state index contributed by atoms with van der Waals surface area (Å²) in [6.45, 7) is 0.808. The molecule has 40 heavy (non-hydrogen) atoms. The predicted octanol–water partition coefficient (Wildman–Crippen LogP) is 5.26. The second-order valence-electron chi connectivity index (χ2n) is 10.8. The van der Waals surface area contributed by atoms with Gasteiger partial charge in [0.1, 0.15) is 17.4 Å². The highest BCUT2D eigenvalue weighted by atomic mass is 35.5. The largest absolute Gasteiger partial charge is 0.480 e. The minimum absolute atomic E-state index is 0.0641. The molecule has 0 saturated carbocycles. The summed E-state index contributed by atoms with van der Waals surface area (Å²) >= 11 is 6.61. The Kier molecular flexibility index (Phi) is 6.67. The number of halogens is 3. The fraction of sp³-hybridized carbons (Fsp3) is 0.367. The Morgan fingerprint density at radius 2 is 1.88 bits per heavy atom. The van der Waals surface area contributed by atoms with Crippen LogP contribution >= 0.6 is 11.6 Å². The SMILES string of the molecule is CNC(=O)c1cc2c(c(F)c1-c1c(Cl)c(F)cc3c1C[C@](c1ccccc1)([C@@H]1CCCN1)O3)CCC2S(C)(=O)=O. The summed E-state index contributed by atoms with van der Waals surface area (Å²) in [5.74, 6) is -1.94. The molecule has 1 saturated heterocycles. The van der Waals surface area contributed by atoms with Crippen LogP contribution in [0.1, 0.15) is 57.1 Å². The third kappa shape index (κ3) is 4.13. The second-order valence-corrected chi connectivity index (χ2v) is 13.4. The summed E-state index contributed by atoms with van der Waals surface area (Å²) in [5, 5.41) is 4.80. The molecule has 10 heteroatoms. The zero-order valence-corrected chi connectivity index (χ0v) is 23.7. The van der Waals surface area contributed by atoms with Crippen LogP contribution < -0.4 is 15.4 Å². The van der Waals surface area contributed by atoms with E-state index < -0.39 is 38.2 Å². The molecule has 3 aliphatic rings. The Bertz CT molecular complexity index is 1640. The van der Waals surface area contributed by atoms with Crippen LogP contribution in [0.4, 0.5) is 8.78 Å². The van der Waals surface area contributed by atoms with Crippen molar-refractivity contribution in [3.63, 3.8) is 0 Å². The Balaban J connectivity index is 1.61. The molecule has 0 aromatic heterocycles. The van der Waals surface area contributed by atoms with Crippen LogP contribution in [0.2, 0.25) is 5.02 Å². The molecule has 3 aromatic carbocycles. The van der Waals surface area contributed by atoms with Crippen molar-refractivity contribution in [2.24, 2.45) is 0 Å². The molecule has 0 spiro atoms. The number of rotatable bonds is 5. The van der Waals surface area contributed by atoms with Gasteiger partial charge in [-0.3, -0.25) is 4.79 Å². The number of hydrogen-bond donors (Lipinski definition) is 2. The quantitative estimate of drug-likeness (QED) is 0.426. The van der Waals surface area contributed by atoms with Crippen molar-refractivity contribution in [2.45, 2.75) is 49.0 Å². The highest BCUT2D eigenvalue weighted by molar-refractivity contribution is 7.90. The summed E-state index contributed by atoms with van der Waals surface area (Å²) < 4.78 is 63.6. The number of ether oxygens (including phenoxy) is 1. The van der Waals surface area contributed by atoms with Gasteiger partial charge in [0, 0.05) is 42.5 Å². The molecular formula is C30H29ClF2N2O4S. The third-order valence-electron chi connectivity index (χ3n) is 8.55. The van der Waals surface area contributed by atoms with E-state index in [1.165, 1.54) is 19.2 Å². The molecule has 1 fully saturated rings. The van der Waals surface area contributed by atoms with E-state index in [-0.39, 0.29) is 63.9 Å². The van der Waals surface area contributed by atoms with E-state index >= 15 is 8.78 Å². The lowest BCUT2D eigenvalue weighted by atomic mass is 9.80. The fourth-order valence-electron chi connectivity index (χ4n) is 6.71. The van der Waals surface area contributed by atoms with Gasteiger partial charge in [0.05, 0.1) is 21.9 Å². The van der Waals surface area contributed by atoms with E-state index in [1.807, 2.05) is 30.3 Å². The molecule has 0 bridgehead atoms. The van der Waals surface area contributed by atoms with Gasteiger partial charge >= 0.3 is 0 Å². The first-order valence-electron chi connectivity index (χ1n) is 13.3. The molecule has 6 nitrogen and oxygen atoms in total. The topological polar surface area (TPSA) is 84.5 Å². The molecule has 2 heterocycles. The standard InChI is InChI=1S/C30H29ClF2N2O4S/c1-34-29(36)19-13-18-17(10-11-23(18)40(2,37)38)28(33)26(19)25-20-15-30(24-9-6-12-35-24,16-7-4-3-5-8-16)39-22(20)14-21(32)27(25)31/h3-5,7-8,13-14,23-24,35H,6,9-12,15H2,1-2H3,(H,34,36)/t23?,24-,30-/m0/s1. The van der Waals surface area contributed by atoms with E-state index in [0.717, 1.165) is 31.2 Å². The molecule has 0 radical (unpaired) electrons. The summed E-state index contributed by atoms with van der Waals surface area (Å²) in [5.41, 5.74) is 0.799. The van der Waals surface area contributed by atoms with Crippen molar-refractivity contribution in [3.05, 3.63) is 86.9 Å². The minimum atomic E-state index is -3.55. The van der Waals surface area contributed by atoms with Gasteiger partial charge in [-0.2, -0.15) is 0 Å². The number of carbonyl (C=O) groups excluding carboxylic acids is 1. The van der Waals surface area contributed by atoms with Crippen LogP contribution in [0.15, 0.2) is 42.5 Å². The van der Waals surface area contributed by atoms with Crippen molar-refractivity contribution >= 4 is 27.3 Å². The molecule has 2 aliphatic heterocycles. The minimum Gasteiger partial charge on any atom is -0.480 e. The van der Waals surface area contributed by atoms with Gasteiger partial charge in [0.15, 0.2) is 15.4 Å². The van der Waals surface area contributed by atoms with E-state index in [0.29, 0.717) is 5.56 Å². The molecule has 1 aliphatic carbocycles. The monoisotopic (exact) mass is 586 g/mol. The summed E-state index contributed by atoms with van der Waals surface area (Å²) in [6, 6.07) is 12.2. The van der Waals surface area contributed by atoms with E-state index in [1.54, 1.807) is 0 Å². The van der Waals surface area contributed by atoms with Gasteiger partial charge < -0.3 is 15.4 Å². The Morgan fingerprint density at radius 3 is 2.52 bits per heavy atom. The van der Waals surface area contributed by atoms with E-state index in [4.69, 9.17) is 16.3 Å². The lowest BCUT2D eigenvalue weighted by molar-refractivity contribution is 0.0539. The van der Waals surface area contributed by atoms with Gasteiger partial charge in [0.25, 0.3) is 5.91 Å². The predicted molar refractivity (Wildman–Crippen MR) is 150 cm³/mol. The zero-order chi connectivity index (χ0) is 28.4. The Labute approximate surface area is 237 Å². The number of amides is 1. The Morgan fingerprint density at radius 1 is 1.12 bits per heavy atom. The molecule has 210 valence electrons. The zero-order valence-electron chi connectivity index (χ0n) is 22.1. The van der Waals surface area contributed by atoms with Crippen LogP contribution in [-0.2, 0) is 28.3 Å². The van der Waals surface area contributed by atoms with E-state index in [9.17, 15) is 13.2 Å². The maximum absolute atomic E-state index is 16.6. The van der Waals surface area contributed by atoms with Crippen molar-refractivity contribution < 1.29 is 26.7 Å². The lowest BCUT2D eigenvalue weighted by Gasteiger charge is -2.35. The van der Waals surface area contributed by atoms with Gasteiger partial charge in [0.2, 0.25) is 0 Å². The van der Waals surface area contributed by atoms with E-state index in [2.05, 4.69) is 10.6 Å². The molecule has 6 rings (SSSR count). The molecule has 3 atom stereocenters. The number of benzene rings is 3. The molecule has 1 unspecified atom stereocenters. The van der Waals surface area contributed by atoms with Crippen molar-refractivity contribution in [1.82, 2.24) is 10.6 Å². The van der Waals surface area contributed by atoms with Crippen LogP contribution in [0, 0.1) is 11.6 Å². The van der Waals surface area contributed by atoms with Crippen LogP contribution in [0.25, 0.3) is 11.1 Å². The number of sulfone groups is 1. The number of nitrogens with one attached hydrogen (secondary N) is 2. The Hall–Kier alpha value is -3.01. The summed E-state index contributed by atoms with van der Waals surface area (Å²) in [4.78, 5) is 13.2. The molecule has 3 aromatic rings. The van der Waals surface area contributed by atoms with Crippen LogP contribution in [0.3, 0.4) is 0 Å². The van der Waals surface area contributed by atoms with Crippen LogP contribution in [0.5, 0.6) is 5.75 Å². The summed E-state index contributed by atoms with van der Waals surface area (Å²) in [6.07, 6.45) is 3.53. The van der Waals surface area contributed by atoms with Crippen molar-refractivity contribution in [2.75, 3.05) is 19.8 Å². The first-order valence-corrected chi connectivity index (χ1v) is 15.7. The van der Waals surface area contributed by atoms with Gasteiger partial charge in [-0.25, -0.2) is 17.2 Å². The second kappa shape index (κ2) is 9.82. The smallest absolute Gasteiger partial charge is 0.251 e. The maximum atomic E-state index is 16.6. The first kappa shape index (κ1) is 27.2. The van der Waals surface area contributed by atoms with Gasteiger partial charge in [-0.15, -0.1) is 0 Å². The fourth-order valence-corrected chi connectivity index (χ4v) is 8.19. The average Bonchev–Trinajstić information content (AvgIpc) is 3.69. The van der Waals surface area contributed by atoms with Gasteiger partial charge in [-0.1, -0.05) is 41.9 Å². The molecule has 1 amide bonds. The highest BCUT2D eigenvalue weighted by Crippen LogP contribution is 2.53. The highest BCUT2D eigenvalue weighted by Gasteiger charge is 2.50. The number of hydrogen-bond acceptors (Lipinski definition) is 5. The average molecular weight is 587 g/mol. The maximum Gasteiger partial charge on any atom is 0.251 e. The normalized spacial score (nSPS) is 23.5. The van der Waals surface area contributed by atoms with Crippen molar-refractivity contribution in [1.29, 1.82) is 0 Å². The van der Waals surface area contributed by atoms with Gasteiger partial charge in [-0.05, 0) is 55.0 Å². The summed E-state index contributed by atoms with van der Waals surface area (Å²) in [7, 11) is -2.15. The number of carbonyl (C=O) groups is 1. The molecule has 2 N–H and O–H groups in total. The number of fused-ring (bicyclic) bond motifs is 2. The van der Waals surface area contributed by atoms with Crippen LogP contribution in [-0.4, -0.2) is 40.2 Å². The van der Waals surface area contributed by atoms with Crippen molar-refractivity contribution in [3.8, 4) is 16.9 Å². The lowest BCUT2D eigenvalue weighted by Crippen LogP contribution is -2.48. The third-order valence-corrected chi connectivity index (χ3v) is 10.4. The molecular weight excluding hydrogens is 558 g/mol.